The van der Waals surface area contributed by atoms with E-state index in [9.17, 15) is 9.50 Å². The molecule has 0 radical (unpaired) electrons. The van der Waals surface area contributed by atoms with Gasteiger partial charge >= 0.3 is 0 Å². The molecule has 1 aliphatic heterocycles. The molecule has 1 saturated heterocycles. The summed E-state index contributed by atoms with van der Waals surface area (Å²) in [4.78, 5) is 2.04. The van der Waals surface area contributed by atoms with Gasteiger partial charge in [0.05, 0.1) is 6.73 Å². The summed E-state index contributed by atoms with van der Waals surface area (Å²) in [5.41, 5.74) is 1.10. The highest BCUT2D eigenvalue weighted by Gasteiger charge is 2.22. The monoisotopic (exact) mass is 209 g/mol. The molecule has 1 atom stereocenters. The third kappa shape index (κ3) is 2.36. The molecule has 0 spiro atoms. The molecule has 1 aliphatic rings. The molecule has 0 aromatic heterocycles. The lowest BCUT2D eigenvalue weighted by Crippen LogP contribution is -2.34. The van der Waals surface area contributed by atoms with Gasteiger partial charge in [0.1, 0.15) is 5.82 Å². The van der Waals surface area contributed by atoms with Crippen molar-refractivity contribution < 1.29 is 9.50 Å². The second-order valence-electron chi connectivity index (χ2n) is 4.02. The molecule has 2 rings (SSSR count). The first kappa shape index (κ1) is 10.6. The summed E-state index contributed by atoms with van der Waals surface area (Å²) < 4.78 is 12.8. The van der Waals surface area contributed by atoms with Crippen molar-refractivity contribution in [2.24, 2.45) is 0 Å². The van der Waals surface area contributed by atoms with Crippen LogP contribution in [0.4, 0.5) is 4.39 Å². The highest BCUT2D eigenvalue weighted by Crippen LogP contribution is 2.30. The molecule has 0 aliphatic carbocycles. The summed E-state index contributed by atoms with van der Waals surface area (Å²) in [6, 6.07) is 6.85. The third-order valence-electron chi connectivity index (χ3n) is 3.05. The summed E-state index contributed by atoms with van der Waals surface area (Å²) >= 11 is 0. The van der Waals surface area contributed by atoms with Crippen molar-refractivity contribution in [3.8, 4) is 0 Å². The van der Waals surface area contributed by atoms with Gasteiger partial charge < -0.3 is 5.11 Å². The van der Waals surface area contributed by atoms with Crippen LogP contribution in [0.15, 0.2) is 24.3 Å². The van der Waals surface area contributed by atoms with Gasteiger partial charge in [-0.2, -0.15) is 0 Å². The minimum Gasteiger partial charge on any atom is -0.381 e. The average Bonchev–Trinajstić information content (AvgIpc) is 2.30. The number of halogens is 1. The number of hydrogen-bond acceptors (Lipinski definition) is 2. The number of rotatable bonds is 2. The van der Waals surface area contributed by atoms with Crippen LogP contribution in [0.3, 0.4) is 0 Å². The standard InChI is InChI=1S/C12H16FNO/c13-11-6-4-10(5-7-11)12-3-1-2-8-14(12)9-15/h4-7,12,15H,1-3,8-9H2. The molecule has 15 heavy (non-hydrogen) atoms. The number of piperidine rings is 1. The fraction of sp³-hybridized carbons (Fsp3) is 0.500. The molecule has 1 fully saturated rings. The van der Waals surface area contributed by atoms with E-state index in [1.165, 1.54) is 18.6 Å². The normalized spacial score (nSPS) is 22.9. The van der Waals surface area contributed by atoms with E-state index in [2.05, 4.69) is 0 Å². The van der Waals surface area contributed by atoms with Crippen LogP contribution in [0.1, 0.15) is 30.9 Å². The van der Waals surface area contributed by atoms with Crippen molar-refractivity contribution in [1.82, 2.24) is 4.90 Å². The van der Waals surface area contributed by atoms with Gasteiger partial charge in [-0.1, -0.05) is 18.6 Å². The molecule has 1 aromatic rings. The first-order chi connectivity index (χ1) is 7.31. The van der Waals surface area contributed by atoms with E-state index in [0.29, 0.717) is 0 Å². The van der Waals surface area contributed by atoms with Gasteiger partial charge in [-0.25, -0.2) is 4.39 Å². The van der Waals surface area contributed by atoms with Gasteiger partial charge in [0.2, 0.25) is 0 Å². The Balaban J connectivity index is 2.16. The van der Waals surface area contributed by atoms with Crippen molar-refractivity contribution in [3.63, 3.8) is 0 Å². The topological polar surface area (TPSA) is 23.5 Å². The summed E-state index contributed by atoms with van der Waals surface area (Å²) in [6.07, 6.45) is 3.36. The molecule has 82 valence electrons. The second-order valence-corrected chi connectivity index (χ2v) is 4.02. The maximum Gasteiger partial charge on any atom is 0.123 e. The second kappa shape index (κ2) is 4.73. The molecule has 0 saturated carbocycles. The van der Waals surface area contributed by atoms with E-state index in [1.54, 1.807) is 0 Å². The van der Waals surface area contributed by atoms with E-state index in [0.717, 1.165) is 24.9 Å². The van der Waals surface area contributed by atoms with Crippen LogP contribution < -0.4 is 0 Å². The van der Waals surface area contributed by atoms with Crippen LogP contribution in [0.5, 0.6) is 0 Å². The Morgan fingerprint density at radius 3 is 2.67 bits per heavy atom. The maximum absolute atomic E-state index is 12.8. The van der Waals surface area contributed by atoms with Gasteiger partial charge in [0.25, 0.3) is 0 Å². The number of hydrogen-bond donors (Lipinski definition) is 1. The fourth-order valence-corrected chi connectivity index (χ4v) is 2.22. The zero-order valence-corrected chi connectivity index (χ0v) is 8.69. The summed E-state index contributed by atoms with van der Waals surface area (Å²) in [6.45, 7) is 1.01. The van der Waals surface area contributed by atoms with Crippen LogP contribution in [-0.4, -0.2) is 23.3 Å². The Morgan fingerprint density at radius 2 is 2.00 bits per heavy atom. The first-order valence-corrected chi connectivity index (χ1v) is 5.41. The Labute approximate surface area is 89.3 Å². The number of likely N-dealkylation sites (tertiary alicyclic amines) is 1. The zero-order valence-electron chi connectivity index (χ0n) is 8.69. The highest BCUT2D eigenvalue weighted by molar-refractivity contribution is 5.20. The van der Waals surface area contributed by atoms with E-state index < -0.39 is 0 Å². The van der Waals surface area contributed by atoms with Crippen LogP contribution in [-0.2, 0) is 0 Å². The molecule has 1 N–H and O–H groups in total. The lowest BCUT2D eigenvalue weighted by molar-refractivity contribution is 0.0436. The molecule has 1 aromatic carbocycles. The first-order valence-electron chi connectivity index (χ1n) is 5.41. The van der Waals surface area contributed by atoms with Crippen LogP contribution >= 0.6 is 0 Å². The predicted molar refractivity (Wildman–Crippen MR) is 56.8 cm³/mol. The van der Waals surface area contributed by atoms with Gasteiger partial charge in [0, 0.05) is 12.6 Å². The van der Waals surface area contributed by atoms with Gasteiger partial charge in [0.15, 0.2) is 0 Å². The number of aliphatic hydroxyl groups is 1. The van der Waals surface area contributed by atoms with Crippen LogP contribution in [0.25, 0.3) is 0 Å². The molecule has 3 heteroatoms. The van der Waals surface area contributed by atoms with Crippen molar-refractivity contribution in [2.75, 3.05) is 13.3 Å². The Bertz CT molecular complexity index is 312. The van der Waals surface area contributed by atoms with E-state index in [1.807, 2.05) is 17.0 Å². The van der Waals surface area contributed by atoms with Crippen molar-refractivity contribution in [3.05, 3.63) is 35.6 Å². The summed E-state index contributed by atoms with van der Waals surface area (Å²) in [5, 5.41) is 9.23. The zero-order chi connectivity index (χ0) is 10.7. The summed E-state index contributed by atoms with van der Waals surface area (Å²) in [7, 11) is 0. The molecule has 2 nitrogen and oxygen atoms in total. The molecule has 1 heterocycles. The van der Waals surface area contributed by atoms with Gasteiger partial charge in [-0.05, 0) is 30.5 Å². The van der Waals surface area contributed by atoms with E-state index in [4.69, 9.17) is 0 Å². The lowest BCUT2D eigenvalue weighted by Gasteiger charge is -2.34. The number of nitrogens with zero attached hydrogens (tertiary/aromatic N) is 1. The Hall–Kier alpha value is -0.930. The number of benzene rings is 1. The quantitative estimate of drug-likeness (QED) is 0.808. The van der Waals surface area contributed by atoms with Crippen molar-refractivity contribution in [1.29, 1.82) is 0 Å². The van der Waals surface area contributed by atoms with Crippen LogP contribution in [0, 0.1) is 5.82 Å². The molecule has 1 unspecified atom stereocenters. The van der Waals surface area contributed by atoms with Crippen LogP contribution in [0.2, 0.25) is 0 Å². The SMILES string of the molecule is OCN1CCCCC1c1ccc(F)cc1. The smallest absolute Gasteiger partial charge is 0.123 e. The van der Waals surface area contributed by atoms with Crippen molar-refractivity contribution in [2.45, 2.75) is 25.3 Å². The molecular formula is C12H16FNO. The molecule has 0 bridgehead atoms. The Morgan fingerprint density at radius 1 is 1.27 bits per heavy atom. The minimum atomic E-state index is -0.204. The predicted octanol–water partition coefficient (Wildman–Crippen LogP) is 2.30. The highest BCUT2D eigenvalue weighted by atomic mass is 19.1. The molecule has 0 amide bonds. The number of aliphatic hydroxyl groups excluding tert-OH is 1. The maximum atomic E-state index is 12.8. The average molecular weight is 209 g/mol. The van der Waals surface area contributed by atoms with E-state index in [-0.39, 0.29) is 18.6 Å². The Kier molecular flexibility index (Phi) is 3.34. The lowest BCUT2D eigenvalue weighted by atomic mass is 9.96. The third-order valence-corrected chi connectivity index (χ3v) is 3.05. The van der Waals surface area contributed by atoms with E-state index >= 15 is 0 Å². The fourth-order valence-electron chi connectivity index (χ4n) is 2.22. The largest absolute Gasteiger partial charge is 0.381 e. The van der Waals surface area contributed by atoms with Crippen molar-refractivity contribution >= 4 is 0 Å². The minimum absolute atomic E-state index is 0.0854. The summed E-state index contributed by atoms with van der Waals surface area (Å²) in [5.74, 6) is -0.204. The van der Waals surface area contributed by atoms with Gasteiger partial charge in [-0.15, -0.1) is 0 Å². The molecular weight excluding hydrogens is 193 g/mol. The van der Waals surface area contributed by atoms with Gasteiger partial charge in [-0.3, -0.25) is 4.90 Å².